The molecular formula is C23H19N3O5S2. The van der Waals surface area contributed by atoms with E-state index in [4.69, 9.17) is 14.0 Å². The van der Waals surface area contributed by atoms with Gasteiger partial charge in [0.05, 0.1) is 18.4 Å². The Morgan fingerprint density at radius 1 is 1.15 bits per heavy atom. The maximum atomic E-state index is 12.6. The molecule has 4 aromatic rings. The summed E-state index contributed by atoms with van der Waals surface area (Å²) in [6, 6.07) is 15.9. The number of esters is 1. The molecule has 0 aliphatic rings. The van der Waals surface area contributed by atoms with Crippen molar-refractivity contribution in [2.24, 2.45) is 0 Å². The Balaban J connectivity index is 1.33. The zero-order chi connectivity index (χ0) is 23.0. The normalized spacial score (nSPS) is 10.6. The van der Waals surface area contributed by atoms with Gasteiger partial charge in [0.2, 0.25) is 11.7 Å². The van der Waals surface area contributed by atoms with Crippen molar-refractivity contribution in [2.45, 2.75) is 11.5 Å². The number of anilines is 1. The molecule has 168 valence electrons. The van der Waals surface area contributed by atoms with Gasteiger partial charge in [0.25, 0.3) is 5.89 Å². The number of benzene rings is 2. The van der Waals surface area contributed by atoms with Crippen LogP contribution in [0.2, 0.25) is 0 Å². The molecule has 4 rings (SSSR count). The molecule has 1 N–H and O–H groups in total. The van der Waals surface area contributed by atoms with Gasteiger partial charge in [-0.15, -0.1) is 11.8 Å². The van der Waals surface area contributed by atoms with E-state index in [0.29, 0.717) is 27.7 Å². The minimum atomic E-state index is -0.540. The number of carbonyl (C=O) groups excluding carboxylic acids is 2. The lowest BCUT2D eigenvalue weighted by molar-refractivity contribution is -0.113. The Kier molecular flexibility index (Phi) is 7.38. The van der Waals surface area contributed by atoms with Crippen molar-refractivity contribution in [1.29, 1.82) is 0 Å². The van der Waals surface area contributed by atoms with Gasteiger partial charge >= 0.3 is 5.97 Å². The summed E-state index contributed by atoms with van der Waals surface area (Å²) >= 11 is 2.77. The first-order chi connectivity index (χ1) is 16.1. The first-order valence-corrected chi connectivity index (χ1v) is 11.7. The second-order valence-corrected chi connectivity index (χ2v) is 8.46. The van der Waals surface area contributed by atoms with Gasteiger partial charge in [-0.1, -0.05) is 23.4 Å². The average Bonchev–Trinajstić information content (AvgIpc) is 3.54. The van der Waals surface area contributed by atoms with E-state index >= 15 is 0 Å². The minimum absolute atomic E-state index is 0.120. The molecule has 10 heteroatoms. The van der Waals surface area contributed by atoms with Crippen molar-refractivity contribution in [2.75, 3.05) is 18.2 Å². The summed E-state index contributed by atoms with van der Waals surface area (Å²) < 4.78 is 15.7. The van der Waals surface area contributed by atoms with Gasteiger partial charge in [0.1, 0.15) is 5.75 Å². The van der Waals surface area contributed by atoms with Crippen LogP contribution in [0.15, 0.2) is 74.8 Å². The number of thioether (sulfide) groups is 1. The second-order valence-electron chi connectivity index (χ2n) is 6.66. The van der Waals surface area contributed by atoms with E-state index in [2.05, 4.69) is 15.5 Å². The molecule has 0 unspecified atom stereocenters. The lowest BCUT2D eigenvalue weighted by atomic mass is 10.2. The number of thiophene rings is 1. The first-order valence-electron chi connectivity index (χ1n) is 9.80. The van der Waals surface area contributed by atoms with E-state index in [1.165, 1.54) is 23.1 Å². The number of methoxy groups -OCH3 is 1. The minimum Gasteiger partial charge on any atom is -0.497 e. The van der Waals surface area contributed by atoms with E-state index < -0.39 is 5.97 Å². The van der Waals surface area contributed by atoms with Crippen molar-refractivity contribution in [3.8, 4) is 17.1 Å². The lowest BCUT2D eigenvalue weighted by Gasteiger charge is -2.09. The Hall–Kier alpha value is -3.63. The number of ether oxygens (including phenoxy) is 2. The molecule has 2 aromatic heterocycles. The van der Waals surface area contributed by atoms with Crippen LogP contribution in [0, 0.1) is 0 Å². The van der Waals surface area contributed by atoms with Gasteiger partial charge in [0.15, 0.2) is 6.61 Å². The van der Waals surface area contributed by atoms with Crippen molar-refractivity contribution in [3.63, 3.8) is 0 Å². The van der Waals surface area contributed by atoms with E-state index in [9.17, 15) is 9.59 Å². The van der Waals surface area contributed by atoms with Crippen LogP contribution in [-0.4, -0.2) is 34.9 Å². The monoisotopic (exact) mass is 481 g/mol. The molecule has 2 heterocycles. The largest absolute Gasteiger partial charge is 0.497 e. The Morgan fingerprint density at radius 2 is 2.03 bits per heavy atom. The fourth-order valence-corrected chi connectivity index (χ4v) is 4.30. The first kappa shape index (κ1) is 22.6. The van der Waals surface area contributed by atoms with Crippen molar-refractivity contribution in [3.05, 3.63) is 76.8 Å². The maximum Gasteiger partial charge on any atom is 0.339 e. The Morgan fingerprint density at radius 3 is 2.85 bits per heavy atom. The number of nitrogens with one attached hydrogen (secondary N) is 1. The van der Waals surface area contributed by atoms with Crippen LogP contribution in [0.1, 0.15) is 16.2 Å². The maximum absolute atomic E-state index is 12.6. The molecule has 0 aliphatic heterocycles. The zero-order valence-electron chi connectivity index (χ0n) is 17.5. The summed E-state index contributed by atoms with van der Waals surface area (Å²) in [5.74, 6) is 0.671. The van der Waals surface area contributed by atoms with E-state index in [1.54, 1.807) is 55.6 Å². The smallest absolute Gasteiger partial charge is 0.339 e. The van der Waals surface area contributed by atoms with Gasteiger partial charge in [-0.05, 0) is 35.7 Å². The van der Waals surface area contributed by atoms with Gasteiger partial charge in [-0.3, -0.25) is 4.79 Å². The number of hydrogen-bond acceptors (Lipinski definition) is 9. The quantitative estimate of drug-likeness (QED) is 0.266. The van der Waals surface area contributed by atoms with Crippen LogP contribution in [0.5, 0.6) is 5.75 Å². The number of aromatic nitrogens is 2. The molecule has 33 heavy (non-hydrogen) atoms. The van der Waals surface area contributed by atoms with Crippen molar-refractivity contribution < 1.29 is 23.6 Å². The number of hydrogen-bond donors (Lipinski definition) is 1. The van der Waals surface area contributed by atoms with E-state index in [-0.39, 0.29) is 24.2 Å². The summed E-state index contributed by atoms with van der Waals surface area (Å²) in [5, 5.41) is 10.5. The molecule has 1 amide bonds. The third-order valence-electron chi connectivity index (χ3n) is 4.39. The molecule has 0 radical (unpaired) electrons. The highest BCUT2D eigenvalue weighted by molar-refractivity contribution is 8.00. The van der Waals surface area contributed by atoms with Crippen LogP contribution in [0.25, 0.3) is 11.4 Å². The molecule has 0 bridgehead atoms. The summed E-state index contributed by atoms with van der Waals surface area (Å²) in [4.78, 5) is 29.9. The number of carbonyl (C=O) groups is 2. The highest BCUT2D eigenvalue weighted by atomic mass is 32.2. The van der Waals surface area contributed by atoms with Crippen LogP contribution in [0.3, 0.4) is 0 Å². The molecule has 0 spiro atoms. The number of rotatable bonds is 9. The molecule has 0 aliphatic carbocycles. The van der Waals surface area contributed by atoms with Crippen LogP contribution in [-0.2, 0) is 16.1 Å². The second kappa shape index (κ2) is 10.8. The zero-order valence-corrected chi connectivity index (χ0v) is 19.2. The van der Waals surface area contributed by atoms with Gasteiger partial charge in [-0.25, -0.2) is 4.79 Å². The topological polar surface area (TPSA) is 104 Å². The summed E-state index contributed by atoms with van der Waals surface area (Å²) in [5.41, 5.74) is 1.83. The predicted molar refractivity (Wildman–Crippen MR) is 126 cm³/mol. The Labute approximate surface area is 197 Å². The van der Waals surface area contributed by atoms with Crippen LogP contribution >= 0.6 is 23.1 Å². The number of nitrogens with zero attached hydrogens (tertiary/aromatic N) is 2. The highest BCUT2D eigenvalue weighted by Gasteiger charge is 2.16. The highest BCUT2D eigenvalue weighted by Crippen LogP contribution is 2.25. The molecular weight excluding hydrogens is 462 g/mol. The summed E-state index contributed by atoms with van der Waals surface area (Å²) in [6.45, 7) is -0.148. The lowest BCUT2D eigenvalue weighted by Crippen LogP contribution is -2.14. The molecule has 0 atom stereocenters. The standard InChI is InChI=1S/C23H19N3O5S2/c1-29-17-6-4-5-16(11-17)24-20(27)14-33-19-8-3-2-7-18(19)23(28)30-12-21-25-22(26-31-21)15-9-10-32-13-15/h2-11,13H,12,14H2,1H3,(H,24,27). The van der Waals surface area contributed by atoms with Gasteiger partial charge in [-0.2, -0.15) is 16.3 Å². The fourth-order valence-electron chi connectivity index (χ4n) is 2.83. The van der Waals surface area contributed by atoms with E-state index in [1.807, 2.05) is 16.8 Å². The third-order valence-corrected chi connectivity index (χ3v) is 6.15. The fraction of sp³-hybridized carbons (Fsp3) is 0.130. The van der Waals surface area contributed by atoms with Crippen LogP contribution < -0.4 is 10.1 Å². The van der Waals surface area contributed by atoms with Gasteiger partial charge < -0.3 is 19.3 Å². The SMILES string of the molecule is COc1cccc(NC(=O)CSc2ccccc2C(=O)OCc2nc(-c3ccsc3)no2)c1. The molecule has 0 fully saturated rings. The molecule has 0 saturated carbocycles. The van der Waals surface area contributed by atoms with Crippen molar-refractivity contribution >= 4 is 40.7 Å². The summed E-state index contributed by atoms with van der Waals surface area (Å²) in [7, 11) is 1.56. The van der Waals surface area contributed by atoms with Crippen LogP contribution in [0.4, 0.5) is 5.69 Å². The molecule has 2 aromatic carbocycles. The average molecular weight is 482 g/mol. The third kappa shape index (κ3) is 5.99. The summed E-state index contributed by atoms with van der Waals surface area (Å²) in [6.07, 6.45) is 0. The van der Waals surface area contributed by atoms with Crippen molar-refractivity contribution in [1.82, 2.24) is 10.1 Å². The van der Waals surface area contributed by atoms with E-state index in [0.717, 1.165) is 5.56 Å². The molecule has 8 nitrogen and oxygen atoms in total. The van der Waals surface area contributed by atoms with Gasteiger partial charge in [0, 0.05) is 27.6 Å². The Bertz CT molecular complexity index is 1240. The number of amides is 1. The molecule has 0 saturated heterocycles. The predicted octanol–water partition coefficient (Wildman–Crippen LogP) is 4.89.